The zero-order chi connectivity index (χ0) is 7.30. The molecule has 4 atom stereocenters. The van der Waals surface area contributed by atoms with Gasteiger partial charge in [-0.3, -0.25) is 4.99 Å². The highest BCUT2D eigenvalue weighted by Crippen LogP contribution is 2.48. The molecule has 1 fully saturated rings. The lowest BCUT2D eigenvalue weighted by Crippen LogP contribution is -2.22. The smallest absolute Gasteiger partial charge is 0.0944 e. The standard InChI is InChI=1S/C7H11ClN2/c1-3-2-4(9)10-7-5(3)6(7)8/h3,5-7H,2H2,1H3,(H2,9,10)/t3-,5+,6-,7+/m1/s1. The van der Waals surface area contributed by atoms with Crippen LogP contribution in [0.5, 0.6) is 0 Å². The second-order valence-electron chi connectivity index (χ2n) is 3.31. The summed E-state index contributed by atoms with van der Waals surface area (Å²) in [4.78, 5) is 4.25. The molecule has 1 aliphatic carbocycles. The highest BCUT2D eigenvalue weighted by molar-refractivity contribution is 6.23. The van der Waals surface area contributed by atoms with Gasteiger partial charge in [-0.15, -0.1) is 11.6 Å². The van der Waals surface area contributed by atoms with Crippen LogP contribution in [0, 0.1) is 11.8 Å². The van der Waals surface area contributed by atoms with Gasteiger partial charge in [-0.25, -0.2) is 0 Å². The average molecular weight is 159 g/mol. The van der Waals surface area contributed by atoms with Gasteiger partial charge in [0.2, 0.25) is 0 Å². The van der Waals surface area contributed by atoms with E-state index in [2.05, 4.69) is 11.9 Å². The van der Waals surface area contributed by atoms with Gasteiger partial charge in [0.25, 0.3) is 0 Å². The molecule has 2 nitrogen and oxygen atoms in total. The van der Waals surface area contributed by atoms with Gasteiger partial charge >= 0.3 is 0 Å². The molecule has 3 heteroatoms. The Morgan fingerprint density at radius 3 is 3.00 bits per heavy atom. The molecule has 56 valence electrons. The van der Waals surface area contributed by atoms with Crippen LogP contribution < -0.4 is 5.73 Å². The lowest BCUT2D eigenvalue weighted by molar-refractivity contribution is 0.499. The molecule has 0 amide bonds. The average Bonchev–Trinajstić information content (AvgIpc) is 2.42. The lowest BCUT2D eigenvalue weighted by atomic mass is 9.99. The van der Waals surface area contributed by atoms with Crippen LogP contribution >= 0.6 is 11.6 Å². The molecule has 0 aromatic rings. The van der Waals surface area contributed by atoms with E-state index < -0.39 is 0 Å². The van der Waals surface area contributed by atoms with Gasteiger partial charge in [0.1, 0.15) is 0 Å². The van der Waals surface area contributed by atoms with Crippen LogP contribution in [0.2, 0.25) is 0 Å². The Kier molecular flexibility index (Phi) is 1.21. The van der Waals surface area contributed by atoms with Crippen molar-refractivity contribution in [3.63, 3.8) is 0 Å². The van der Waals surface area contributed by atoms with E-state index in [9.17, 15) is 0 Å². The number of nitrogens with zero attached hydrogens (tertiary/aromatic N) is 1. The Hall–Kier alpha value is -0.240. The van der Waals surface area contributed by atoms with E-state index >= 15 is 0 Å². The van der Waals surface area contributed by atoms with Gasteiger partial charge in [0, 0.05) is 12.3 Å². The number of alkyl halides is 1. The minimum Gasteiger partial charge on any atom is -0.387 e. The van der Waals surface area contributed by atoms with Crippen molar-refractivity contribution < 1.29 is 0 Å². The van der Waals surface area contributed by atoms with Crippen LogP contribution in [0.25, 0.3) is 0 Å². The molecule has 2 rings (SSSR count). The van der Waals surface area contributed by atoms with Crippen molar-refractivity contribution in [1.29, 1.82) is 0 Å². The van der Waals surface area contributed by atoms with E-state index in [1.165, 1.54) is 0 Å². The fourth-order valence-corrected chi connectivity index (χ4v) is 2.34. The summed E-state index contributed by atoms with van der Waals surface area (Å²) in [6, 6.07) is 0.352. The summed E-state index contributed by atoms with van der Waals surface area (Å²) < 4.78 is 0. The van der Waals surface area contributed by atoms with Crippen molar-refractivity contribution in [2.24, 2.45) is 22.6 Å². The fraction of sp³-hybridized carbons (Fsp3) is 0.857. The maximum absolute atomic E-state index is 5.96. The number of rotatable bonds is 0. The third-order valence-corrected chi connectivity index (χ3v) is 3.00. The maximum atomic E-state index is 5.96. The summed E-state index contributed by atoms with van der Waals surface area (Å²) >= 11 is 5.96. The molecule has 2 aliphatic rings. The SMILES string of the molecule is C[C@@H]1CC(N)=N[C@@H]2[C@H](Cl)[C@@H]21. The van der Waals surface area contributed by atoms with Gasteiger partial charge in [-0.05, 0) is 5.92 Å². The first-order valence-corrected chi connectivity index (χ1v) is 4.10. The van der Waals surface area contributed by atoms with Crippen LogP contribution in [0.4, 0.5) is 0 Å². The summed E-state index contributed by atoms with van der Waals surface area (Å²) in [6.45, 7) is 2.20. The zero-order valence-electron chi connectivity index (χ0n) is 5.92. The number of fused-ring (bicyclic) bond motifs is 1. The minimum absolute atomic E-state index is 0.274. The fourth-order valence-electron chi connectivity index (χ4n) is 1.80. The molecule has 0 radical (unpaired) electrons. The molecule has 0 unspecified atom stereocenters. The number of hydrogen-bond acceptors (Lipinski definition) is 2. The van der Waals surface area contributed by atoms with Crippen LogP contribution in [-0.4, -0.2) is 17.3 Å². The Labute approximate surface area is 65.5 Å². The van der Waals surface area contributed by atoms with E-state index in [0.717, 1.165) is 12.3 Å². The van der Waals surface area contributed by atoms with Crippen molar-refractivity contribution in [2.45, 2.75) is 24.8 Å². The summed E-state index contributed by atoms with van der Waals surface area (Å²) in [5.41, 5.74) is 5.60. The van der Waals surface area contributed by atoms with E-state index in [4.69, 9.17) is 17.3 Å². The molecule has 0 spiro atoms. The number of halogens is 1. The molecular formula is C7H11ClN2. The number of aliphatic imine (C=N–C) groups is 1. The second-order valence-corrected chi connectivity index (χ2v) is 3.82. The van der Waals surface area contributed by atoms with Crippen molar-refractivity contribution in [3.05, 3.63) is 0 Å². The Morgan fingerprint density at radius 1 is 1.70 bits per heavy atom. The molecule has 1 heterocycles. The van der Waals surface area contributed by atoms with E-state index in [0.29, 0.717) is 17.9 Å². The van der Waals surface area contributed by atoms with Crippen LogP contribution in [0.3, 0.4) is 0 Å². The lowest BCUT2D eigenvalue weighted by Gasteiger charge is -2.13. The van der Waals surface area contributed by atoms with E-state index in [-0.39, 0.29) is 5.38 Å². The molecule has 0 saturated heterocycles. The first-order valence-electron chi connectivity index (χ1n) is 3.66. The predicted molar refractivity (Wildman–Crippen MR) is 42.3 cm³/mol. The van der Waals surface area contributed by atoms with E-state index in [1.807, 2.05) is 0 Å². The van der Waals surface area contributed by atoms with Crippen molar-refractivity contribution in [1.82, 2.24) is 0 Å². The van der Waals surface area contributed by atoms with Crippen molar-refractivity contribution >= 4 is 17.4 Å². The van der Waals surface area contributed by atoms with Crippen LogP contribution in [0.1, 0.15) is 13.3 Å². The van der Waals surface area contributed by atoms with Gasteiger partial charge in [-0.1, -0.05) is 6.92 Å². The summed E-state index contributed by atoms with van der Waals surface area (Å²) in [5.74, 6) is 2.05. The summed E-state index contributed by atoms with van der Waals surface area (Å²) in [7, 11) is 0. The van der Waals surface area contributed by atoms with E-state index in [1.54, 1.807) is 0 Å². The summed E-state index contributed by atoms with van der Waals surface area (Å²) in [6.07, 6.45) is 0.935. The summed E-state index contributed by atoms with van der Waals surface area (Å²) in [5, 5.41) is 0.274. The van der Waals surface area contributed by atoms with Gasteiger partial charge < -0.3 is 5.73 Å². The molecule has 10 heavy (non-hydrogen) atoms. The van der Waals surface area contributed by atoms with Crippen molar-refractivity contribution in [2.75, 3.05) is 0 Å². The molecule has 0 bridgehead atoms. The molecule has 1 saturated carbocycles. The monoisotopic (exact) mass is 158 g/mol. The Morgan fingerprint density at radius 2 is 2.40 bits per heavy atom. The maximum Gasteiger partial charge on any atom is 0.0944 e. The predicted octanol–water partition coefficient (Wildman–Crippen LogP) is 0.989. The van der Waals surface area contributed by atoms with Crippen LogP contribution in [-0.2, 0) is 0 Å². The molecule has 1 aliphatic heterocycles. The number of amidine groups is 1. The largest absolute Gasteiger partial charge is 0.387 e. The van der Waals surface area contributed by atoms with Gasteiger partial charge in [0.15, 0.2) is 0 Å². The quantitative estimate of drug-likeness (QED) is 0.525. The zero-order valence-corrected chi connectivity index (χ0v) is 6.67. The van der Waals surface area contributed by atoms with Gasteiger partial charge in [-0.2, -0.15) is 0 Å². The topological polar surface area (TPSA) is 38.4 Å². The Balaban J connectivity index is 2.18. The first kappa shape index (κ1) is 6.47. The third-order valence-electron chi connectivity index (χ3n) is 2.45. The second kappa shape index (κ2) is 1.88. The molecule has 0 aromatic heterocycles. The van der Waals surface area contributed by atoms with Crippen LogP contribution in [0.15, 0.2) is 4.99 Å². The molecule has 2 N–H and O–H groups in total. The minimum atomic E-state index is 0.274. The first-order chi connectivity index (χ1) is 4.70. The van der Waals surface area contributed by atoms with Gasteiger partial charge in [0.05, 0.1) is 17.3 Å². The number of hydrogen-bond donors (Lipinski definition) is 1. The molecule has 0 aromatic carbocycles. The molecular weight excluding hydrogens is 148 g/mol. The van der Waals surface area contributed by atoms with Crippen molar-refractivity contribution in [3.8, 4) is 0 Å². The third kappa shape index (κ3) is 0.749. The highest BCUT2D eigenvalue weighted by Gasteiger charge is 2.54. The normalized spacial score (nSPS) is 51.6. The highest BCUT2D eigenvalue weighted by atomic mass is 35.5. The number of nitrogens with two attached hydrogens (primary N) is 1. The Bertz CT molecular complexity index is 190.